The fourth-order valence-electron chi connectivity index (χ4n) is 4.27. The van der Waals surface area contributed by atoms with Crippen LogP contribution < -0.4 is 4.74 Å². The topological polar surface area (TPSA) is 22.8 Å². The van der Waals surface area contributed by atoms with Gasteiger partial charge >= 0.3 is 0 Å². The van der Waals surface area contributed by atoms with Gasteiger partial charge in [0, 0.05) is 4.88 Å². The quantitative estimate of drug-likeness (QED) is 0.254. The lowest BCUT2D eigenvalue weighted by Gasteiger charge is -2.38. The van der Waals surface area contributed by atoms with E-state index >= 15 is 0 Å². The van der Waals surface area contributed by atoms with Crippen LogP contribution >= 0.6 is 11.3 Å². The summed E-state index contributed by atoms with van der Waals surface area (Å²) in [5.41, 5.74) is 6.87. The third-order valence-corrected chi connectivity index (χ3v) is 12.5. The van der Waals surface area contributed by atoms with Gasteiger partial charge < -0.3 is 9.16 Å². The van der Waals surface area contributed by atoms with Crippen molar-refractivity contribution in [2.45, 2.75) is 77.8 Å². The molecule has 1 heterocycles. The molecule has 1 unspecified atom stereocenters. The van der Waals surface area contributed by atoms with Gasteiger partial charge in [0.25, 0.3) is 0 Å². The van der Waals surface area contributed by atoms with Crippen LogP contribution in [0.25, 0.3) is 26.4 Å². The van der Waals surface area contributed by atoms with E-state index in [1.165, 1.54) is 21.6 Å². The van der Waals surface area contributed by atoms with Crippen molar-refractivity contribution in [3.63, 3.8) is 0 Å². The lowest BCUT2D eigenvalue weighted by molar-refractivity contribution is 0.185. The first-order chi connectivity index (χ1) is 16.0. The summed E-state index contributed by atoms with van der Waals surface area (Å²) < 4.78 is 12.6. The molecular formula is C29H35NO2SSi. The van der Waals surface area contributed by atoms with Crippen molar-refractivity contribution in [2.24, 2.45) is 0 Å². The molecule has 0 bridgehead atoms. The first-order valence-electron chi connectivity index (χ1n) is 12.1. The summed E-state index contributed by atoms with van der Waals surface area (Å²) in [7, 11) is -1.83. The van der Waals surface area contributed by atoms with Crippen LogP contribution in [0.2, 0.25) is 18.1 Å². The van der Waals surface area contributed by atoms with Crippen LogP contribution in [-0.4, -0.2) is 14.4 Å². The van der Waals surface area contributed by atoms with Crippen LogP contribution in [0.3, 0.4) is 0 Å². The average molecular weight is 490 g/mol. The van der Waals surface area contributed by atoms with Crippen molar-refractivity contribution in [3.05, 3.63) is 70.4 Å². The normalized spacial score (nSPS) is 15.9. The van der Waals surface area contributed by atoms with Crippen LogP contribution in [-0.2, 0) is 10.8 Å². The molecule has 3 nitrogen and oxygen atoms in total. The first-order valence-corrected chi connectivity index (χ1v) is 15.9. The number of thiophene rings is 1. The Kier molecular flexibility index (Phi) is 6.79. The molecule has 1 aliphatic rings. The second kappa shape index (κ2) is 9.34. The molecule has 5 heteroatoms. The Hall–Kier alpha value is -2.39. The predicted molar refractivity (Wildman–Crippen MR) is 147 cm³/mol. The summed E-state index contributed by atoms with van der Waals surface area (Å²) in [5.74, 6) is 0.651. The molecule has 34 heavy (non-hydrogen) atoms. The molecule has 178 valence electrons. The van der Waals surface area contributed by atoms with Crippen LogP contribution in [0.4, 0.5) is 5.69 Å². The minimum absolute atomic E-state index is 0.0451. The lowest BCUT2D eigenvalue weighted by Crippen LogP contribution is -2.41. The highest BCUT2D eigenvalue weighted by molar-refractivity contribution is 7.14. The Morgan fingerprint density at radius 1 is 1.09 bits per heavy atom. The van der Waals surface area contributed by atoms with Crippen molar-refractivity contribution in [2.75, 3.05) is 0 Å². The van der Waals surface area contributed by atoms with E-state index in [0.717, 1.165) is 24.0 Å². The number of fused-ring (bicyclic) bond motifs is 1. The van der Waals surface area contributed by atoms with E-state index in [-0.39, 0.29) is 17.2 Å². The second-order valence-electron chi connectivity index (χ2n) is 10.9. The SMILES string of the molecule is [C-]#[N+]c1cc(-c2csc(-c3cccc4c3CCC4O[Si](C)(C)C(C)(C)C)c2)ccc1OC(C)C. The number of hydrogen-bond donors (Lipinski definition) is 0. The molecule has 4 rings (SSSR count). The van der Waals surface area contributed by atoms with Gasteiger partial charge in [-0.1, -0.05) is 45.0 Å². The van der Waals surface area contributed by atoms with Gasteiger partial charge in [-0.25, -0.2) is 4.85 Å². The smallest absolute Gasteiger partial charge is 0.228 e. The maximum Gasteiger partial charge on any atom is 0.228 e. The number of rotatable bonds is 6. The monoisotopic (exact) mass is 489 g/mol. The van der Waals surface area contributed by atoms with Crippen molar-refractivity contribution in [1.82, 2.24) is 0 Å². The summed E-state index contributed by atoms with van der Waals surface area (Å²) >= 11 is 1.77. The van der Waals surface area contributed by atoms with E-state index in [4.69, 9.17) is 15.7 Å². The van der Waals surface area contributed by atoms with Crippen LogP contribution in [0, 0.1) is 6.57 Å². The van der Waals surface area contributed by atoms with Gasteiger partial charge in [-0.2, -0.15) is 0 Å². The van der Waals surface area contributed by atoms with Gasteiger partial charge in [0.15, 0.2) is 8.32 Å². The van der Waals surface area contributed by atoms with E-state index in [2.05, 4.69) is 74.4 Å². The van der Waals surface area contributed by atoms with E-state index in [1.807, 2.05) is 26.0 Å². The highest BCUT2D eigenvalue weighted by Crippen LogP contribution is 2.46. The molecule has 0 amide bonds. The molecule has 3 aromatic rings. The molecule has 0 saturated heterocycles. The molecule has 0 radical (unpaired) electrons. The summed E-state index contributed by atoms with van der Waals surface area (Å²) in [6.45, 7) is 23.1. The summed E-state index contributed by atoms with van der Waals surface area (Å²) in [6, 6.07) is 14.8. The zero-order valence-electron chi connectivity index (χ0n) is 21.4. The fraction of sp³-hybridized carbons (Fsp3) is 0.414. The molecule has 0 saturated carbocycles. The molecule has 2 aromatic carbocycles. The fourth-order valence-corrected chi connectivity index (χ4v) is 6.55. The van der Waals surface area contributed by atoms with Gasteiger partial charge in [-0.05, 0) is 96.2 Å². The maximum absolute atomic E-state index is 7.57. The molecule has 1 aliphatic carbocycles. The van der Waals surface area contributed by atoms with Crippen LogP contribution in [0.5, 0.6) is 5.75 Å². The van der Waals surface area contributed by atoms with Gasteiger partial charge in [0.2, 0.25) is 5.69 Å². The largest absolute Gasteiger partial charge is 0.502 e. The maximum atomic E-state index is 7.57. The molecular weight excluding hydrogens is 454 g/mol. The molecule has 0 aliphatic heterocycles. The minimum atomic E-state index is -1.83. The zero-order chi connectivity index (χ0) is 24.7. The van der Waals surface area contributed by atoms with Gasteiger partial charge in [0.1, 0.15) is 5.75 Å². The Bertz CT molecular complexity index is 1230. The zero-order valence-corrected chi connectivity index (χ0v) is 23.2. The van der Waals surface area contributed by atoms with E-state index in [9.17, 15) is 0 Å². The Morgan fingerprint density at radius 3 is 2.53 bits per heavy atom. The summed E-state index contributed by atoms with van der Waals surface area (Å²) in [5, 5.41) is 2.40. The van der Waals surface area contributed by atoms with Gasteiger partial charge in [-0.15, -0.1) is 11.3 Å². The standard InChI is InChI=1S/C29H35NO2SSi/c1-19(2)31-27-14-12-20(16-25(27)30-6)21-17-28(33-18-21)24-11-9-10-23-22(24)13-15-26(23)32-34(7,8)29(3,4)5/h9-12,14,16-19,26H,13,15H2,1-5,7-8H3. The molecule has 0 fully saturated rings. The predicted octanol–water partition coefficient (Wildman–Crippen LogP) is 9.43. The second-order valence-corrected chi connectivity index (χ2v) is 16.6. The lowest BCUT2D eigenvalue weighted by atomic mass is 10.0. The van der Waals surface area contributed by atoms with E-state index in [1.54, 1.807) is 11.3 Å². The van der Waals surface area contributed by atoms with Crippen molar-refractivity contribution in [3.8, 4) is 27.3 Å². The third-order valence-electron chi connectivity index (χ3n) is 7.10. The molecule has 0 N–H and O–H groups in total. The Morgan fingerprint density at radius 2 is 1.85 bits per heavy atom. The summed E-state index contributed by atoms with van der Waals surface area (Å²) in [4.78, 5) is 4.96. The highest BCUT2D eigenvalue weighted by Gasteiger charge is 2.41. The van der Waals surface area contributed by atoms with Gasteiger partial charge in [-0.3, -0.25) is 0 Å². The van der Waals surface area contributed by atoms with E-state index in [0.29, 0.717) is 11.4 Å². The van der Waals surface area contributed by atoms with Gasteiger partial charge in [0.05, 0.1) is 18.8 Å². The number of hydrogen-bond acceptors (Lipinski definition) is 3. The number of nitrogens with zero attached hydrogens (tertiary/aromatic N) is 1. The highest BCUT2D eigenvalue weighted by atomic mass is 32.1. The van der Waals surface area contributed by atoms with Crippen molar-refractivity contribution >= 4 is 25.3 Å². The Balaban J connectivity index is 1.63. The molecule has 0 spiro atoms. The van der Waals surface area contributed by atoms with Crippen LogP contribution in [0.15, 0.2) is 47.8 Å². The number of ether oxygens (including phenoxy) is 1. The van der Waals surface area contributed by atoms with E-state index < -0.39 is 8.32 Å². The van der Waals surface area contributed by atoms with Crippen molar-refractivity contribution < 1.29 is 9.16 Å². The molecule has 1 atom stereocenters. The Labute approximate surface area is 209 Å². The number of benzene rings is 2. The average Bonchev–Trinajstić information content (AvgIpc) is 3.40. The minimum Gasteiger partial charge on any atom is -0.502 e. The van der Waals surface area contributed by atoms with Crippen molar-refractivity contribution in [1.29, 1.82) is 0 Å². The molecule has 1 aromatic heterocycles. The third kappa shape index (κ3) is 4.86. The van der Waals surface area contributed by atoms with Crippen LogP contribution in [0.1, 0.15) is 58.3 Å². The first kappa shape index (κ1) is 24.7. The summed E-state index contributed by atoms with van der Waals surface area (Å²) in [6.07, 6.45) is 2.36.